The molecular formula is C13H23N3O2. The second-order valence-electron chi connectivity index (χ2n) is 4.56. The minimum Gasteiger partial charge on any atom is -0.397 e. The molecule has 1 rings (SSSR count). The number of aryl methyl sites for hydroxylation is 1. The molecule has 1 aromatic heterocycles. The van der Waals surface area contributed by atoms with E-state index in [0.29, 0.717) is 30.8 Å². The smallest absolute Gasteiger partial charge is 0.268 e. The van der Waals surface area contributed by atoms with E-state index in [4.69, 9.17) is 5.73 Å². The summed E-state index contributed by atoms with van der Waals surface area (Å²) in [6.45, 7) is 6.70. The molecule has 0 aliphatic heterocycles. The maximum absolute atomic E-state index is 12.0. The molecule has 0 aromatic carbocycles. The first-order chi connectivity index (χ1) is 8.45. The summed E-state index contributed by atoms with van der Waals surface area (Å²) in [6.07, 6.45) is 2.96. The Labute approximate surface area is 108 Å². The van der Waals surface area contributed by atoms with E-state index in [9.17, 15) is 9.90 Å². The van der Waals surface area contributed by atoms with Crippen LogP contribution in [-0.4, -0.2) is 27.7 Å². The summed E-state index contributed by atoms with van der Waals surface area (Å²) in [5.74, 6) is -0.200. The number of nitrogens with two attached hydrogens (primary N) is 1. The monoisotopic (exact) mass is 253 g/mol. The number of nitrogens with zero attached hydrogens (tertiary/aromatic N) is 1. The molecule has 0 spiro atoms. The van der Waals surface area contributed by atoms with Crippen molar-refractivity contribution in [3.05, 3.63) is 18.0 Å². The first kappa shape index (κ1) is 14.6. The number of nitrogen functional groups attached to an aromatic ring is 1. The SMILES string of the molecule is CCn1cc(N)cc1C(=O)NCC(O)(CC)CC. The van der Waals surface area contributed by atoms with Crippen LogP contribution in [-0.2, 0) is 6.54 Å². The molecule has 4 N–H and O–H groups in total. The fraction of sp³-hybridized carbons (Fsp3) is 0.615. The Balaban J connectivity index is 2.71. The van der Waals surface area contributed by atoms with Gasteiger partial charge in [0.15, 0.2) is 0 Å². The van der Waals surface area contributed by atoms with Gasteiger partial charge < -0.3 is 20.7 Å². The zero-order chi connectivity index (χ0) is 13.8. The van der Waals surface area contributed by atoms with Crippen LogP contribution in [0.1, 0.15) is 44.1 Å². The van der Waals surface area contributed by atoms with Gasteiger partial charge >= 0.3 is 0 Å². The standard InChI is InChI=1S/C13H23N3O2/c1-4-13(18,5-2)9-15-12(17)11-7-10(14)8-16(11)6-3/h7-8,18H,4-6,9,14H2,1-3H3,(H,15,17). The zero-order valence-electron chi connectivity index (χ0n) is 11.4. The Morgan fingerprint density at radius 3 is 2.56 bits per heavy atom. The maximum atomic E-state index is 12.0. The maximum Gasteiger partial charge on any atom is 0.268 e. The number of carbonyl (C=O) groups is 1. The lowest BCUT2D eigenvalue weighted by atomic mass is 9.97. The van der Waals surface area contributed by atoms with Gasteiger partial charge in [0, 0.05) is 19.3 Å². The molecule has 0 bridgehead atoms. The summed E-state index contributed by atoms with van der Waals surface area (Å²) in [6, 6.07) is 1.65. The van der Waals surface area contributed by atoms with Crippen LogP contribution in [0.4, 0.5) is 5.69 Å². The van der Waals surface area contributed by atoms with E-state index >= 15 is 0 Å². The van der Waals surface area contributed by atoms with Gasteiger partial charge in [-0.25, -0.2) is 0 Å². The molecule has 5 nitrogen and oxygen atoms in total. The van der Waals surface area contributed by atoms with Crippen LogP contribution in [0.25, 0.3) is 0 Å². The molecule has 0 aliphatic rings. The van der Waals surface area contributed by atoms with Crippen molar-refractivity contribution in [3.63, 3.8) is 0 Å². The molecule has 0 saturated heterocycles. The largest absolute Gasteiger partial charge is 0.397 e. The van der Waals surface area contributed by atoms with Crippen molar-refractivity contribution in [2.24, 2.45) is 0 Å². The predicted molar refractivity (Wildman–Crippen MR) is 72.4 cm³/mol. The van der Waals surface area contributed by atoms with Gasteiger partial charge in [0.25, 0.3) is 5.91 Å². The summed E-state index contributed by atoms with van der Waals surface area (Å²) in [7, 11) is 0. The number of hydrogen-bond acceptors (Lipinski definition) is 3. The Kier molecular flexibility index (Phi) is 4.78. The van der Waals surface area contributed by atoms with Crippen molar-refractivity contribution < 1.29 is 9.90 Å². The lowest BCUT2D eigenvalue weighted by Gasteiger charge is -2.25. The zero-order valence-corrected chi connectivity index (χ0v) is 11.4. The van der Waals surface area contributed by atoms with E-state index in [-0.39, 0.29) is 12.5 Å². The van der Waals surface area contributed by atoms with Gasteiger partial charge in [0.2, 0.25) is 0 Å². The van der Waals surface area contributed by atoms with E-state index in [1.807, 2.05) is 20.8 Å². The fourth-order valence-electron chi connectivity index (χ4n) is 1.82. The Morgan fingerprint density at radius 2 is 2.06 bits per heavy atom. The van der Waals surface area contributed by atoms with Crippen molar-refractivity contribution in [2.75, 3.05) is 12.3 Å². The molecular weight excluding hydrogens is 230 g/mol. The first-order valence-electron chi connectivity index (χ1n) is 6.42. The second-order valence-corrected chi connectivity index (χ2v) is 4.56. The molecule has 1 heterocycles. The predicted octanol–water partition coefficient (Wildman–Crippen LogP) is 1.37. The molecule has 102 valence electrons. The second kappa shape index (κ2) is 5.91. The molecule has 0 unspecified atom stereocenters. The van der Waals surface area contributed by atoms with Crippen molar-refractivity contribution in [2.45, 2.75) is 45.8 Å². The Morgan fingerprint density at radius 1 is 1.44 bits per heavy atom. The van der Waals surface area contributed by atoms with Gasteiger partial charge in [0.1, 0.15) is 5.69 Å². The average Bonchev–Trinajstić information content (AvgIpc) is 2.76. The van der Waals surface area contributed by atoms with Crippen LogP contribution in [0.3, 0.4) is 0 Å². The fourth-order valence-corrected chi connectivity index (χ4v) is 1.82. The number of anilines is 1. The highest BCUT2D eigenvalue weighted by Gasteiger charge is 2.23. The molecule has 18 heavy (non-hydrogen) atoms. The number of rotatable bonds is 6. The topological polar surface area (TPSA) is 80.3 Å². The van der Waals surface area contributed by atoms with Gasteiger partial charge in [-0.1, -0.05) is 13.8 Å². The van der Waals surface area contributed by atoms with Crippen molar-refractivity contribution in [3.8, 4) is 0 Å². The van der Waals surface area contributed by atoms with E-state index in [0.717, 1.165) is 0 Å². The Bertz CT molecular complexity index is 408. The molecule has 0 radical (unpaired) electrons. The van der Waals surface area contributed by atoms with Crippen molar-refractivity contribution in [1.29, 1.82) is 0 Å². The lowest BCUT2D eigenvalue weighted by Crippen LogP contribution is -2.42. The minimum absolute atomic E-state index is 0.200. The molecule has 1 aromatic rings. The van der Waals surface area contributed by atoms with E-state index in [1.54, 1.807) is 16.8 Å². The van der Waals surface area contributed by atoms with Crippen LogP contribution < -0.4 is 11.1 Å². The molecule has 1 amide bonds. The number of carbonyl (C=O) groups excluding carboxylic acids is 1. The third-order valence-corrected chi connectivity index (χ3v) is 3.39. The summed E-state index contributed by atoms with van der Waals surface area (Å²) < 4.78 is 1.79. The van der Waals surface area contributed by atoms with E-state index in [1.165, 1.54) is 0 Å². The number of aromatic nitrogens is 1. The highest BCUT2D eigenvalue weighted by atomic mass is 16.3. The molecule has 5 heteroatoms. The normalized spacial score (nSPS) is 11.6. The van der Waals surface area contributed by atoms with Crippen molar-refractivity contribution in [1.82, 2.24) is 9.88 Å². The number of nitrogens with one attached hydrogen (secondary N) is 1. The van der Waals surface area contributed by atoms with Gasteiger partial charge in [-0.15, -0.1) is 0 Å². The molecule has 0 aliphatic carbocycles. The van der Waals surface area contributed by atoms with E-state index < -0.39 is 5.60 Å². The summed E-state index contributed by atoms with van der Waals surface area (Å²) in [4.78, 5) is 12.0. The van der Waals surface area contributed by atoms with Gasteiger partial charge in [-0.3, -0.25) is 4.79 Å². The molecule has 0 saturated carbocycles. The summed E-state index contributed by atoms with van der Waals surface area (Å²) in [5.41, 5.74) is 5.95. The van der Waals surface area contributed by atoms with Crippen LogP contribution >= 0.6 is 0 Å². The molecule has 0 atom stereocenters. The lowest BCUT2D eigenvalue weighted by molar-refractivity contribution is 0.0312. The molecule has 0 fully saturated rings. The van der Waals surface area contributed by atoms with Crippen LogP contribution in [0.2, 0.25) is 0 Å². The number of amides is 1. The third kappa shape index (κ3) is 3.26. The van der Waals surface area contributed by atoms with Crippen LogP contribution in [0.5, 0.6) is 0 Å². The quantitative estimate of drug-likeness (QED) is 0.716. The summed E-state index contributed by atoms with van der Waals surface area (Å²) in [5, 5.41) is 12.9. The highest BCUT2D eigenvalue weighted by molar-refractivity contribution is 5.93. The Hall–Kier alpha value is -1.49. The minimum atomic E-state index is -0.829. The van der Waals surface area contributed by atoms with Gasteiger partial charge in [-0.05, 0) is 25.8 Å². The average molecular weight is 253 g/mol. The third-order valence-electron chi connectivity index (χ3n) is 3.39. The van der Waals surface area contributed by atoms with E-state index in [2.05, 4.69) is 5.32 Å². The number of hydrogen-bond donors (Lipinski definition) is 3. The van der Waals surface area contributed by atoms with Crippen LogP contribution in [0.15, 0.2) is 12.3 Å². The first-order valence-corrected chi connectivity index (χ1v) is 6.42. The summed E-state index contributed by atoms with van der Waals surface area (Å²) >= 11 is 0. The van der Waals surface area contributed by atoms with Gasteiger partial charge in [-0.2, -0.15) is 0 Å². The van der Waals surface area contributed by atoms with Crippen molar-refractivity contribution >= 4 is 11.6 Å². The highest BCUT2D eigenvalue weighted by Crippen LogP contribution is 2.14. The number of aliphatic hydroxyl groups is 1. The van der Waals surface area contributed by atoms with Gasteiger partial charge in [0.05, 0.1) is 11.3 Å². The van der Waals surface area contributed by atoms with Crippen LogP contribution in [0, 0.1) is 0 Å².